The Balaban J connectivity index is 1.94. The molecule has 2 rings (SSSR count). The van der Waals surface area contributed by atoms with Crippen molar-refractivity contribution in [1.29, 1.82) is 0 Å². The van der Waals surface area contributed by atoms with Gasteiger partial charge in [0.05, 0.1) is 6.61 Å². The Morgan fingerprint density at radius 2 is 2.19 bits per heavy atom. The summed E-state index contributed by atoms with van der Waals surface area (Å²) >= 11 is 0. The van der Waals surface area contributed by atoms with E-state index in [1.165, 1.54) is 0 Å². The zero-order valence-corrected chi connectivity index (χ0v) is 12.0. The van der Waals surface area contributed by atoms with Crippen LogP contribution in [0.2, 0.25) is 0 Å². The van der Waals surface area contributed by atoms with E-state index in [2.05, 4.69) is 10.3 Å². The van der Waals surface area contributed by atoms with Crippen molar-refractivity contribution in [2.24, 2.45) is 0 Å². The molecule has 1 aromatic heterocycles. The minimum atomic E-state index is -0.167. The number of aromatic nitrogens is 1. The fourth-order valence-corrected chi connectivity index (χ4v) is 1.96. The van der Waals surface area contributed by atoms with E-state index in [1.54, 1.807) is 24.4 Å². The standard InChI is InChI=1S/C16H19N3O2/c1-2-21-15-10-12(9-13(17)11-15)16(20)19-8-6-14-5-3-4-7-18-14/h3-5,7,9-11H,2,6,8,17H2,1H3,(H,19,20). The maximum absolute atomic E-state index is 12.1. The van der Waals surface area contributed by atoms with E-state index in [9.17, 15) is 4.79 Å². The second-order valence-corrected chi connectivity index (χ2v) is 4.55. The lowest BCUT2D eigenvalue weighted by Crippen LogP contribution is -2.26. The van der Waals surface area contributed by atoms with E-state index in [4.69, 9.17) is 10.5 Å². The number of amides is 1. The van der Waals surface area contributed by atoms with E-state index in [0.717, 1.165) is 5.69 Å². The number of hydrogen-bond donors (Lipinski definition) is 2. The fraction of sp³-hybridized carbons (Fsp3) is 0.250. The summed E-state index contributed by atoms with van der Waals surface area (Å²) in [6.45, 7) is 2.94. The third-order valence-electron chi connectivity index (χ3n) is 2.89. The van der Waals surface area contributed by atoms with Gasteiger partial charge in [0.15, 0.2) is 0 Å². The van der Waals surface area contributed by atoms with Gasteiger partial charge in [-0.25, -0.2) is 0 Å². The topological polar surface area (TPSA) is 77.2 Å². The van der Waals surface area contributed by atoms with Crippen molar-refractivity contribution in [1.82, 2.24) is 10.3 Å². The molecule has 3 N–H and O–H groups in total. The molecule has 2 aromatic rings. The first kappa shape index (κ1) is 14.8. The molecule has 110 valence electrons. The van der Waals surface area contributed by atoms with Crippen molar-refractivity contribution >= 4 is 11.6 Å². The average molecular weight is 285 g/mol. The molecule has 0 bridgehead atoms. The van der Waals surface area contributed by atoms with Crippen molar-refractivity contribution in [3.63, 3.8) is 0 Å². The average Bonchev–Trinajstić information content (AvgIpc) is 2.48. The number of carbonyl (C=O) groups excluding carboxylic acids is 1. The number of nitrogens with one attached hydrogen (secondary N) is 1. The third-order valence-corrected chi connectivity index (χ3v) is 2.89. The summed E-state index contributed by atoms with van der Waals surface area (Å²) in [5.74, 6) is 0.437. The molecule has 0 aliphatic rings. The lowest BCUT2D eigenvalue weighted by Gasteiger charge is -2.09. The van der Waals surface area contributed by atoms with Gasteiger partial charge in [-0.05, 0) is 31.2 Å². The van der Waals surface area contributed by atoms with Crippen LogP contribution in [0.4, 0.5) is 5.69 Å². The molecule has 1 amide bonds. The first-order chi connectivity index (χ1) is 10.2. The lowest BCUT2D eigenvalue weighted by atomic mass is 10.1. The molecule has 0 saturated heterocycles. The number of pyridine rings is 1. The van der Waals surface area contributed by atoms with Crippen molar-refractivity contribution in [3.05, 3.63) is 53.9 Å². The van der Waals surface area contributed by atoms with E-state index < -0.39 is 0 Å². The van der Waals surface area contributed by atoms with Crippen LogP contribution in [0, 0.1) is 0 Å². The first-order valence-corrected chi connectivity index (χ1v) is 6.90. The van der Waals surface area contributed by atoms with Crippen LogP contribution in [0.3, 0.4) is 0 Å². The van der Waals surface area contributed by atoms with E-state index in [0.29, 0.717) is 36.6 Å². The molecular formula is C16H19N3O2. The summed E-state index contributed by atoms with van der Waals surface area (Å²) < 4.78 is 5.38. The molecule has 0 radical (unpaired) electrons. The molecule has 0 spiro atoms. The van der Waals surface area contributed by atoms with E-state index >= 15 is 0 Å². The third kappa shape index (κ3) is 4.49. The molecule has 0 atom stereocenters. The molecule has 0 aliphatic heterocycles. The SMILES string of the molecule is CCOc1cc(N)cc(C(=O)NCCc2ccccn2)c1. The highest BCUT2D eigenvalue weighted by molar-refractivity contribution is 5.95. The van der Waals surface area contributed by atoms with Gasteiger partial charge >= 0.3 is 0 Å². The lowest BCUT2D eigenvalue weighted by molar-refractivity contribution is 0.0953. The van der Waals surface area contributed by atoms with Crippen LogP contribution < -0.4 is 15.8 Å². The summed E-state index contributed by atoms with van der Waals surface area (Å²) in [5.41, 5.74) is 7.73. The number of nitrogens with zero attached hydrogens (tertiary/aromatic N) is 1. The Morgan fingerprint density at radius 1 is 1.33 bits per heavy atom. The second kappa shape index (κ2) is 7.28. The molecule has 0 saturated carbocycles. The predicted molar refractivity (Wildman–Crippen MR) is 82.3 cm³/mol. The molecule has 21 heavy (non-hydrogen) atoms. The van der Waals surface area contributed by atoms with Gasteiger partial charge in [-0.3, -0.25) is 9.78 Å². The van der Waals surface area contributed by atoms with Crippen molar-refractivity contribution < 1.29 is 9.53 Å². The number of nitrogen functional groups attached to an aromatic ring is 1. The maximum atomic E-state index is 12.1. The molecule has 1 heterocycles. The number of hydrogen-bond acceptors (Lipinski definition) is 4. The maximum Gasteiger partial charge on any atom is 0.251 e. The number of benzene rings is 1. The summed E-state index contributed by atoms with van der Waals surface area (Å²) in [4.78, 5) is 16.3. The van der Waals surface area contributed by atoms with E-state index in [-0.39, 0.29) is 5.91 Å². The quantitative estimate of drug-likeness (QED) is 0.796. The van der Waals surface area contributed by atoms with Crippen LogP contribution in [0.5, 0.6) is 5.75 Å². The highest BCUT2D eigenvalue weighted by Gasteiger charge is 2.08. The number of carbonyl (C=O) groups is 1. The zero-order valence-electron chi connectivity index (χ0n) is 12.0. The van der Waals surface area contributed by atoms with E-state index in [1.807, 2.05) is 25.1 Å². The molecule has 0 fully saturated rings. The molecular weight excluding hydrogens is 266 g/mol. The number of rotatable bonds is 6. The summed E-state index contributed by atoms with van der Waals surface area (Å²) in [5, 5.41) is 2.85. The monoisotopic (exact) mass is 285 g/mol. The van der Waals surface area contributed by atoms with Gasteiger partial charge in [0.1, 0.15) is 5.75 Å². The minimum Gasteiger partial charge on any atom is -0.494 e. The first-order valence-electron chi connectivity index (χ1n) is 6.90. The molecule has 1 aromatic carbocycles. The number of anilines is 1. The zero-order chi connectivity index (χ0) is 15.1. The Hall–Kier alpha value is -2.56. The fourth-order valence-electron chi connectivity index (χ4n) is 1.96. The smallest absolute Gasteiger partial charge is 0.251 e. The van der Waals surface area contributed by atoms with Gasteiger partial charge < -0.3 is 15.8 Å². The van der Waals surface area contributed by atoms with Crippen molar-refractivity contribution in [2.45, 2.75) is 13.3 Å². The molecule has 0 unspecified atom stereocenters. The van der Waals surface area contributed by atoms with Crippen LogP contribution in [0.15, 0.2) is 42.6 Å². The van der Waals surface area contributed by atoms with Gasteiger partial charge in [-0.15, -0.1) is 0 Å². The van der Waals surface area contributed by atoms with Gasteiger partial charge in [0.25, 0.3) is 5.91 Å². The Morgan fingerprint density at radius 3 is 2.90 bits per heavy atom. The van der Waals surface area contributed by atoms with Crippen LogP contribution in [-0.2, 0) is 6.42 Å². The van der Waals surface area contributed by atoms with Gasteiger partial charge in [-0.1, -0.05) is 6.07 Å². The summed E-state index contributed by atoms with van der Waals surface area (Å²) in [6, 6.07) is 10.8. The number of ether oxygens (including phenoxy) is 1. The molecule has 0 aliphatic carbocycles. The van der Waals surface area contributed by atoms with Gasteiger partial charge in [-0.2, -0.15) is 0 Å². The molecule has 5 heteroatoms. The highest BCUT2D eigenvalue weighted by Crippen LogP contribution is 2.18. The predicted octanol–water partition coefficient (Wildman–Crippen LogP) is 2.04. The Labute approximate surface area is 124 Å². The van der Waals surface area contributed by atoms with Crippen molar-refractivity contribution in [2.75, 3.05) is 18.9 Å². The number of nitrogens with two attached hydrogens (primary N) is 1. The van der Waals surface area contributed by atoms with Crippen LogP contribution >= 0.6 is 0 Å². The summed E-state index contributed by atoms with van der Waals surface area (Å²) in [7, 11) is 0. The molecule has 5 nitrogen and oxygen atoms in total. The normalized spacial score (nSPS) is 10.1. The van der Waals surface area contributed by atoms with Crippen LogP contribution in [0.1, 0.15) is 23.0 Å². The van der Waals surface area contributed by atoms with Gasteiger partial charge in [0.2, 0.25) is 0 Å². The minimum absolute atomic E-state index is 0.167. The second-order valence-electron chi connectivity index (χ2n) is 4.55. The largest absolute Gasteiger partial charge is 0.494 e. The summed E-state index contributed by atoms with van der Waals surface area (Å²) in [6.07, 6.45) is 2.43. The highest BCUT2D eigenvalue weighted by atomic mass is 16.5. The Kier molecular flexibility index (Phi) is 5.15. The van der Waals surface area contributed by atoms with Crippen LogP contribution in [-0.4, -0.2) is 24.0 Å². The van der Waals surface area contributed by atoms with Crippen molar-refractivity contribution in [3.8, 4) is 5.75 Å². The van der Waals surface area contributed by atoms with Gasteiger partial charge in [0, 0.05) is 42.2 Å². The van der Waals surface area contributed by atoms with Crippen LogP contribution in [0.25, 0.3) is 0 Å². The Bertz CT molecular complexity index is 600.